The molecule has 0 saturated carbocycles. The summed E-state index contributed by atoms with van der Waals surface area (Å²) in [6.07, 6.45) is 9.23. The fourth-order valence-electron chi connectivity index (χ4n) is 5.41. The number of para-hydroxylation sites is 1. The van der Waals surface area contributed by atoms with Crippen LogP contribution >= 0.6 is 0 Å². The minimum Gasteiger partial charge on any atom is -0.298 e. The molecule has 6 aromatic heterocycles. The van der Waals surface area contributed by atoms with Crippen LogP contribution in [0.2, 0.25) is 0 Å². The smallest absolute Gasteiger partial charge is 0.137 e. The fourth-order valence-corrected chi connectivity index (χ4v) is 5.41. The van der Waals surface area contributed by atoms with E-state index in [-0.39, 0.29) is 0 Å². The quantitative estimate of drug-likeness (QED) is 0.233. The number of benzene rings is 2. The number of rotatable bonds is 4. The molecule has 0 aliphatic heterocycles. The second-order valence-electron chi connectivity index (χ2n) is 9.89. The van der Waals surface area contributed by atoms with Crippen molar-refractivity contribution in [3.63, 3.8) is 0 Å². The molecule has 192 valence electrons. The Morgan fingerprint density at radius 1 is 0.488 bits per heavy atom. The Balaban J connectivity index is 1.29. The number of pyridine rings is 5. The summed E-state index contributed by atoms with van der Waals surface area (Å²) in [5.74, 6) is 0. The standard InChI is InChI=1S/C35H22N6/c1-2-6-29-28(5-1)34-35(41-20-4-3-7-32(41)40-34)33(39-29)26-10-8-23(9-11-26)27-21-30(24-12-16-36-17-13-24)38-31(22-27)25-14-18-37-19-15-25/h1-22H. The zero-order chi connectivity index (χ0) is 27.2. The molecule has 0 spiro atoms. The van der Waals surface area contributed by atoms with Gasteiger partial charge in [0, 0.05) is 53.1 Å². The Labute approximate surface area is 235 Å². The molecular weight excluding hydrogens is 504 g/mol. The summed E-state index contributed by atoms with van der Waals surface area (Å²) in [6, 6.07) is 35.1. The van der Waals surface area contributed by atoms with Crippen molar-refractivity contribution < 1.29 is 0 Å². The van der Waals surface area contributed by atoms with Crippen molar-refractivity contribution in [3.05, 3.63) is 134 Å². The highest BCUT2D eigenvalue weighted by atomic mass is 15.0. The van der Waals surface area contributed by atoms with Crippen molar-refractivity contribution in [1.29, 1.82) is 0 Å². The zero-order valence-corrected chi connectivity index (χ0v) is 21.9. The lowest BCUT2D eigenvalue weighted by Gasteiger charge is -2.11. The molecule has 0 bridgehead atoms. The predicted octanol–water partition coefficient (Wildman–Crippen LogP) is 7.89. The third kappa shape index (κ3) is 4.01. The van der Waals surface area contributed by atoms with Crippen molar-refractivity contribution in [3.8, 4) is 44.9 Å². The van der Waals surface area contributed by atoms with Crippen LogP contribution in [-0.4, -0.2) is 29.3 Å². The highest BCUT2D eigenvalue weighted by Gasteiger charge is 2.16. The molecule has 0 aliphatic rings. The number of nitrogens with zero attached hydrogens (tertiary/aromatic N) is 6. The van der Waals surface area contributed by atoms with E-state index in [0.29, 0.717) is 0 Å². The lowest BCUT2D eigenvalue weighted by atomic mass is 9.98. The maximum Gasteiger partial charge on any atom is 0.137 e. The van der Waals surface area contributed by atoms with Crippen molar-refractivity contribution in [2.75, 3.05) is 0 Å². The summed E-state index contributed by atoms with van der Waals surface area (Å²) in [7, 11) is 0. The molecule has 6 heterocycles. The van der Waals surface area contributed by atoms with E-state index in [1.54, 1.807) is 24.8 Å². The van der Waals surface area contributed by atoms with Crippen molar-refractivity contribution in [1.82, 2.24) is 29.3 Å². The van der Waals surface area contributed by atoms with Gasteiger partial charge in [0.25, 0.3) is 0 Å². The monoisotopic (exact) mass is 526 g/mol. The molecule has 0 amide bonds. The van der Waals surface area contributed by atoms with Crippen LogP contribution in [-0.2, 0) is 0 Å². The molecule has 0 unspecified atom stereocenters. The van der Waals surface area contributed by atoms with Gasteiger partial charge in [-0.2, -0.15) is 0 Å². The van der Waals surface area contributed by atoms with Gasteiger partial charge in [-0.15, -0.1) is 0 Å². The third-order valence-corrected chi connectivity index (χ3v) is 7.41. The number of imidazole rings is 1. The molecule has 8 aromatic rings. The van der Waals surface area contributed by atoms with Gasteiger partial charge in [0.05, 0.1) is 28.1 Å². The second-order valence-corrected chi connectivity index (χ2v) is 9.89. The van der Waals surface area contributed by atoms with Crippen LogP contribution in [0, 0.1) is 0 Å². The van der Waals surface area contributed by atoms with Crippen LogP contribution in [0.25, 0.3) is 72.5 Å². The van der Waals surface area contributed by atoms with Gasteiger partial charge in [-0.1, -0.05) is 48.5 Å². The van der Waals surface area contributed by atoms with Gasteiger partial charge in [0.2, 0.25) is 0 Å². The fraction of sp³-hybridized carbons (Fsp3) is 0. The highest BCUT2D eigenvalue weighted by molar-refractivity contribution is 6.09. The first-order chi connectivity index (χ1) is 20.3. The van der Waals surface area contributed by atoms with Gasteiger partial charge in [-0.25, -0.2) is 15.0 Å². The number of hydrogen-bond acceptors (Lipinski definition) is 5. The minimum atomic E-state index is 0.893. The maximum absolute atomic E-state index is 5.12. The van der Waals surface area contributed by atoms with Crippen LogP contribution in [0.1, 0.15) is 0 Å². The number of hydrogen-bond donors (Lipinski definition) is 0. The normalized spacial score (nSPS) is 11.4. The second kappa shape index (κ2) is 9.47. The molecule has 0 radical (unpaired) electrons. The van der Waals surface area contributed by atoms with E-state index in [4.69, 9.17) is 15.0 Å². The highest BCUT2D eigenvalue weighted by Crippen LogP contribution is 2.35. The molecule has 2 aromatic carbocycles. The molecule has 0 saturated heterocycles. The third-order valence-electron chi connectivity index (χ3n) is 7.41. The summed E-state index contributed by atoms with van der Waals surface area (Å²) in [6.45, 7) is 0. The van der Waals surface area contributed by atoms with Crippen LogP contribution in [0.5, 0.6) is 0 Å². The first-order valence-electron chi connectivity index (χ1n) is 13.4. The molecule has 0 fully saturated rings. The van der Waals surface area contributed by atoms with Gasteiger partial charge >= 0.3 is 0 Å². The molecular formula is C35H22N6. The van der Waals surface area contributed by atoms with E-state index >= 15 is 0 Å². The average molecular weight is 527 g/mol. The van der Waals surface area contributed by atoms with Gasteiger partial charge in [0.15, 0.2) is 0 Å². The summed E-state index contributed by atoms with van der Waals surface area (Å²) in [5.41, 5.74) is 11.7. The molecule has 0 N–H and O–H groups in total. The molecule has 0 aliphatic carbocycles. The number of aromatic nitrogens is 6. The van der Waals surface area contributed by atoms with E-state index < -0.39 is 0 Å². The zero-order valence-electron chi connectivity index (χ0n) is 21.9. The lowest BCUT2D eigenvalue weighted by Crippen LogP contribution is -1.93. The molecule has 6 heteroatoms. The first kappa shape index (κ1) is 23.2. The van der Waals surface area contributed by atoms with E-state index in [1.807, 2.05) is 54.6 Å². The van der Waals surface area contributed by atoms with Gasteiger partial charge in [-0.3, -0.25) is 14.4 Å². The van der Waals surface area contributed by atoms with Crippen molar-refractivity contribution in [2.45, 2.75) is 0 Å². The summed E-state index contributed by atoms with van der Waals surface area (Å²) in [4.78, 5) is 23.4. The predicted molar refractivity (Wildman–Crippen MR) is 163 cm³/mol. The summed E-state index contributed by atoms with van der Waals surface area (Å²) >= 11 is 0. The van der Waals surface area contributed by atoms with E-state index in [9.17, 15) is 0 Å². The van der Waals surface area contributed by atoms with E-state index in [0.717, 1.165) is 72.5 Å². The van der Waals surface area contributed by atoms with Crippen LogP contribution < -0.4 is 0 Å². The van der Waals surface area contributed by atoms with E-state index in [2.05, 4.69) is 69.1 Å². The molecule has 6 nitrogen and oxygen atoms in total. The van der Waals surface area contributed by atoms with Crippen LogP contribution in [0.15, 0.2) is 134 Å². The number of fused-ring (bicyclic) bond motifs is 5. The Hall–Kier alpha value is -5.75. The Morgan fingerprint density at radius 2 is 1.12 bits per heavy atom. The van der Waals surface area contributed by atoms with Crippen LogP contribution in [0.4, 0.5) is 0 Å². The molecule has 0 atom stereocenters. The SMILES string of the molecule is c1ccc2c(c1)nc(-c1ccc(-c3cc(-c4ccncc4)nc(-c4ccncc4)c3)cc1)c1c2nc2ccccn21. The van der Waals surface area contributed by atoms with Gasteiger partial charge in [0.1, 0.15) is 11.2 Å². The Morgan fingerprint density at radius 3 is 1.83 bits per heavy atom. The lowest BCUT2D eigenvalue weighted by molar-refractivity contribution is 1.22. The van der Waals surface area contributed by atoms with Crippen molar-refractivity contribution >= 4 is 27.6 Å². The summed E-state index contributed by atoms with van der Waals surface area (Å²) < 4.78 is 2.13. The van der Waals surface area contributed by atoms with Gasteiger partial charge in [-0.05, 0) is 65.7 Å². The van der Waals surface area contributed by atoms with Gasteiger partial charge < -0.3 is 0 Å². The molecule has 8 rings (SSSR count). The largest absolute Gasteiger partial charge is 0.298 e. The Bertz CT molecular complexity index is 2130. The first-order valence-corrected chi connectivity index (χ1v) is 13.4. The topological polar surface area (TPSA) is 68.9 Å². The Kier molecular flexibility index (Phi) is 5.35. The van der Waals surface area contributed by atoms with Crippen molar-refractivity contribution in [2.24, 2.45) is 0 Å². The van der Waals surface area contributed by atoms with E-state index in [1.165, 1.54) is 0 Å². The average Bonchev–Trinajstić information content (AvgIpc) is 3.45. The minimum absolute atomic E-state index is 0.893. The van der Waals surface area contributed by atoms with Crippen LogP contribution in [0.3, 0.4) is 0 Å². The molecule has 41 heavy (non-hydrogen) atoms. The summed E-state index contributed by atoms with van der Waals surface area (Å²) in [5, 5.41) is 1.05. The maximum atomic E-state index is 5.12.